The van der Waals surface area contributed by atoms with E-state index in [0.29, 0.717) is 0 Å². The van der Waals surface area contributed by atoms with E-state index in [1.54, 1.807) is 31.2 Å². The fourth-order valence-corrected chi connectivity index (χ4v) is 5.02. The maximum absolute atomic E-state index is 12.7. The van der Waals surface area contributed by atoms with Crippen LogP contribution >= 0.6 is 0 Å². The second kappa shape index (κ2) is 9.33. The summed E-state index contributed by atoms with van der Waals surface area (Å²) in [6, 6.07) is 12.0. The van der Waals surface area contributed by atoms with Gasteiger partial charge < -0.3 is 14.6 Å². The Balaban J connectivity index is 1.78. The zero-order valence-corrected chi connectivity index (χ0v) is 18.8. The van der Waals surface area contributed by atoms with Gasteiger partial charge in [0.25, 0.3) is 20.2 Å². The minimum atomic E-state index is -4.27. The Hall–Kier alpha value is -1.86. The smallest absolute Gasteiger partial charge is 0.297 e. The van der Waals surface area contributed by atoms with Crippen molar-refractivity contribution in [2.24, 2.45) is 0 Å². The number of hydrogen-bond donors (Lipinski definition) is 1. The van der Waals surface area contributed by atoms with Gasteiger partial charge in [-0.3, -0.25) is 8.37 Å². The molecule has 4 atom stereocenters. The van der Waals surface area contributed by atoms with Gasteiger partial charge in [-0.15, -0.1) is 0 Å². The first-order valence-electron chi connectivity index (χ1n) is 9.36. The van der Waals surface area contributed by atoms with E-state index in [0.717, 1.165) is 11.1 Å². The van der Waals surface area contributed by atoms with E-state index in [2.05, 4.69) is 0 Å². The molecule has 3 rings (SSSR count). The van der Waals surface area contributed by atoms with Crippen molar-refractivity contribution < 1.29 is 39.8 Å². The van der Waals surface area contributed by atoms with Gasteiger partial charge in [0.1, 0.15) is 18.3 Å². The normalized spacial score (nSPS) is 24.4. The number of hydrogen-bond acceptors (Lipinski definition) is 9. The molecule has 1 fully saturated rings. The Morgan fingerprint density at radius 3 is 1.84 bits per heavy atom. The lowest BCUT2D eigenvalue weighted by molar-refractivity contribution is -0.151. The molecular weight excluding hydrogens is 448 g/mol. The molecule has 31 heavy (non-hydrogen) atoms. The summed E-state index contributed by atoms with van der Waals surface area (Å²) >= 11 is 0. The van der Waals surface area contributed by atoms with Crippen molar-refractivity contribution in [2.45, 2.75) is 48.2 Å². The van der Waals surface area contributed by atoms with Gasteiger partial charge in [0.2, 0.25) is 0 Å². The highest BCUT2D eigenvalue weighted by molar-refractivity contribution is 7.87. The van der Waals surface area contributed by atoms with Gasteiger partial charge in [-0.05, 0) is 38.1 Å². The van der Waals surface area contributed by atoms with E-state index >= 15 is 0 Å². The summed E-state index contributed by atoms with van der Waals surface area (Å²) in [7, 11) is -7.15. The molecule has 4 unspecified atom stereocenters. The van der Waals surface area contributed by atoms with Gasteiger partial charge >= 0.3 is 0 Å². The van der Waals surface area contributed by atoms with Crippen LogP contribution in [0.15, 0.2) is 58.3 Å². The maximum Gasteiger partial charge on any atom is 0.297 e. The van der Waals surface area contributed by atoms with E-state index in [9.17, 15) is 21.9 Å². The molecule has 0 saturated carbocycles. The highest BCUT2D eigenvalue weighted by Crippen LogP contribution is 2.29. The van der Waals surface area contributed by atoms with Crippen molar-refractivity contribution in [1.82, 2.24) is 0 Å². The first-order valence-corrected chi connectivity index (χ1v) is 12.2. The van der Waals surface area contributed by atoms with Gasteiger partial charge in [-0.25, -0.2) is 0 Å². The number of aryl methyl sites for hydroxylation is 2. The number of benzene rings is 2. The minimum absolute atomic E-state index is 0.0651. The Labute approximate surface area is 181 Å². The van der Waals surface area contributed by atoms with Crippen LogP contribution in [-0.4, -0.2) is 60.3 Å². The highest BCUT2D eigenvalue weighted by Gasteiger charge is 2.48. The van der Waals surface area contributed by atoms with Crippen LogP contribution < -0.4 is 0 Å². The van der Waals surface area contributed by atoms with Crippen molar-refractivity contribution >= 4 is 20.2 Å². The summed E-state index contributed by atoms with van der Waals surface area (Å²) < 4.78 is 70.9. The lowest BCUT2D eigenvalue weighted by Crippen LogP contribution is -2.39. The molecule has 1 heterocycles. The molecule has 2 aromatic rings. The molecule has 0 bridgehead atoms. The number of aliphatic hydroxyl groups excluding tert-OH is 1. The third-order valence-electron chi connectivity index (χ3n) is 4.77. The molecule has 0 spiro atoms. The summed E-state index contributed by atoms with van der Waals surface area (Å²) in [6.07, 6.45) is -5.36. The Morgan fingerprint density at radius 1 is 0.871 bits per heavy atom. The second-order valence-corrected chi connectivity index (χ2v) is 10.3. The fraction of sp³-hybridized carbons (Fsp3) is 0.400. The van der Waals surface area contributed by atoms with Crippen LogP contribution in [0.4, 0.5) is 0 Å². The first kappa shape index (κ1) is 23.8. The molecule has 11 heteroatoms. The SMILES string of the molecule is COC1OC(COS(=O)(=O)c2ccc(C)cc2)C(OS(=O)(=O)c2ccc(C)cc2)C1O. The predicted molar refractivity (Wildman–Crippen MR) is 109 cm³/mol. The summed E-state index contributed by atoms with van der Waals surface area (Å²) in [5, 5.41) is 10.4. The predicted octanol–water partition coefficient (Wildman–Crippen LogP) is 1.52. The minimum Gasteiger partial charge on any atom is -0.385 e. The molecule has 9 nitrogen and oxygen atoms in total. The van der Waals surface area contributed by atoms with Crippen molar-refractivity contribution in [1.29, 1.82) is 0 Å². The molecule has 1 aliphatic heterocycles. The number of methoxy groups -OCH3 is 1. The van der Waals surface area contributed by atoms with Crippen molar-refractivity contribution in [3.05, 3.63) is 59.7 Å². The number of aliphatic hydroxyl groups is 1. The van der Waals surface area contributed by atoms with Gasteiger partial charge in [0.15, 0.2) is 6.29 Å². The molecule has 0 radical (unpaired) electrons. The lowest BCUT2D eigenvalue weighted by Gasteiger charge is -2.20. The molecular formula is C20H24O9S2. The topological polar surface area (TPSA) is 125 Å². The third kappa shape index (κ3) is 5.50. The summed E-state index contributed by atoms with van der Waals surface area (Å²) in [6.45, 7) is 3.03. The van der Waals surface area contributed by atoms with Crippen LogP contribution in [0.2, 0.25) is 0 Å². The van der Waals surface area contributed by atoms with Crippen LogP contribution in [0, 0.1) is 13.8 Å². The largest absolute Gasteiger partial charge is 0.385 e. The van der Waals surface area contributed by atoms with Crippen LogP contribution in [0.3, 0.4) is 0 Å². The van der Waals surface area contributed by atoms with Crippen molar-refractivity contribution in [2.75, 3.05) is 13.7 Å². The average molecular weight is 473 g/mol. The molecule has 1 saturated heterocycles. The molecule has 2 aromatic carbocycles. The standard InChI is InChI=1S/C20H24O9S2/c1-13-4-8-15(9-5-13)30(22,23)27-12-17-19(18(21)20(26-3)28-17)29-31(24,25)16-10-6-14(2)7-11-16/h4-11,17-21H,12H2,1-3H3. The molecule has 0 amide bonds. The van der Waals surface area contributed by atoms with E-state index in [-0.39, 0.29) is 9.79 Å². The van der Waals surface area contributed by atoms with Crippen LogP contribution in [0.1, 0.15) is 11.1 Å². The Kier molecular flexibility index (Phi) is 7.16. The van der Waals surface area contributed by atoms with Crippen LogP contribution in [-0.2, 0) is 38.1 Å². The summed E-state index contributed by atoms with van der Waals surface area (Å²) in [5.41, 5.74) is 1.73. The van der Waals surface area contributed by atoms with Gasteiger partial charge in [-0.2, -0.15) is 16.8 Å². The Morgan fingerprint density at radius 2 is 1.35 bits per heavy atom. The molecule has 170 valence electrons. The van der Waals surface area contributed by atoms with E-state index in [4.69, 9.17) is 17.8 Å². The molecule has 1 N–H and O–H groups in total. The van der Waals surface area contributed by atoms with E-state index in [1.165, 1.54) is 31.4 Å². The van der Waals surface area contributed by atoms with Gasteiger partial charge in [-0.1, -0.05) is 35.4 Å². The fourth-order valence-electron chi connectivity index (χ4n) is 2.99. The van der Waals surface area contributed by atoms with Gasteiger partial charge in [0, 0.05) is 7.11 Å². The lowest BCUT2D eigenvalue weighted by atomic mass is 10.1. The molecule has 1 aliphatic rings. The van der Waals surface area contributed by atoms with E-state index < -0.39 is 51.4 Å². The monoisotopic (exact) mass is 472 g/mol. The van der Waals surface area contributed by atoms with E-state index in [1.807, 2.05) is 6.92 Å². The molecule has 0 aliphatic carbocycles. The van der Waals surface area contributed by atoms with Gasteiger partial charge in [0.05, 0.1) is 16.4 Å². The highest BCUT2D eigenvalue weighted by atomic mass is 32.2. The average Bonchev–Trinajstić information content (AvgIpc) is 3.01. The summed E-state index contributed by atoms with van der Waals surface area (Å²) in [5.74, 6) is 0. The van der Waals surface area contributed by atoms with Crippen LogP contribution in [0.5, 0.6) is 0 Å². The number of rotatable bonds is 8. The summed E-state index contributed by atoms with van der Waals surface area (Å²) in [4.78, 5) is -0.178. The zero-order chi connectivity index (χ0) is 22.8. The maximum atomic E-state index is 12.7. The quantitative estimate of drug-likeness (QED) is 0.569. The van der Waals surface area contributed by atoms with Crippen molar-refractivity contribution in [3.8, 4) is 0 Å². The Bertz CT molecular complexity index is 1090. The first-order chi connectivity index (χ1) is 14.5. The zero-order valence-electron chi connectivity index (χ0n) is 17.2. The second-order valence-electron chi connectivity index (χ2n) is 7.15. The van der Waals surface area contributed by atoms with Crippen molar-refractivity contribution in [3.63, 3.8) is 0 Å². The molecule has 0 aromatic heterocycles. The van der Waals surface area contributed by atoms with Crippen LogP contribution in [0.25, 0.3) is 0 Å². The third-order valence-corrected chi connectivity index (χ3v) is 7.39. The number of ether oxygens (including phenoxy) is 2.